The van der Waals surface area contributed by atoms with E-state index in [-0.39, 0.29) is 11.8 Å². The average Bonchev–Trinajstić information content (AvgIpc) is 3.00. The van der Waals surface area contributed by atoms with Crippen LogP contribution in [0.3, 0.4) is 0 Å². The van der Waals surface area contributed by atoms with E-state index in [0.717, 1.165) is 11.1 Å². The molecule has 1 N–H and O–H groups in total. The molecular formula is C27H28N2O6. The fourth-order valence-corrected chi connectivity index (χ4v) is 3.94. The number of nitrogens with one attached hydrogen (secondary N) is 1. The van der Waals surface area contributed by atoms with Crippen molar-refractivity contribution >= 4 is 17.5 Å². The van der Waals surface area contributed by atoms with E-state index in [1.807, 2.05) is 18.2 Å². The molecule has 0 unspecified atom stereocenters. The highest BCUT2D eigenvalue weighted by molar-refractivity contribution is 6.04. The molecule has 8 nitrogen and oxygen atoms in total. The monoisotopic (exact) mass is 476 g/mol. The van der Waals surface area contributed by atoms with E-state index in [4.69, 9.17) is 18.9 Å². The number of rotatable bonds is 7. The SMILES string of the molecule is COc1ccc(C(=O)Nc2ccc3c(c2)CN(Cc2ccc(OC)cc2OC)C(=O)[C@H](C)O3)cc1. The normalized spacial score (nSPS) is 14.9. The fraction of sp³-hybridized carbons (Fsp3) is 0.259. The van der Waals surface area contributed by atoms with Gasteiger partial charge in [-0.2, -0.15) is 0 Å². The highest BCUT2D eigenvalue weighted by Gasteiger charge is 2.29. The van der Waals surface area contributed by atoms with Crippen molar-refractivity contribution < 1.29 is 28.5 Å². The van der Waals surface area contributed by atoms with Gasteiger partial charge in [0.05, 0.1) is 21.3 Å². The van der Waals surface area contributed by atoms with E-state index in [9.17, 15) is 9.59 Å². The zero-order valence-corrected chi connectivity index (χ0v) is 20.2. The molecule has 0 aliphatic carbocycles. The van der Waals surface area contributed by atoms with Crippen molar-refractivity contribution in [2.75, 3.05) is 26.6 Å². The van der Waals surface area contributed by atoms with Gasteiger partial charge in [0.25, 0.3) is 11.8 Å². The number of nitrogens with zero attached hydrogens (tertiary/aromatic N) is 1. The van der Waals surface area contributed by atoms with Crippen molar-refractivity contribution in [3.05, 3.63) is 77.4 Å². The van der Waals surface area contributed by atoms with Crippen LogP contribution in [0.1, 0.15) is 28.4 Å². The summed E-state index contributed by atoms with van der Waals surface area (Å²) in [6.45, 7) is 2.39. The van der Waals surface area contributed by atoms with Crippen molar-refractivity contribution in [3.8, 4) is 23.0 Å². The van der Waals surface area contributed by atoms with E-state index in [2.05, 4.69) is 5.32 Å². The van der Waals surface area contributed by atoms with Gasteiger partial charge in [-0.25, -0.2) is 0 Å². The van der Waals surface area contributed by atoms with Crippen LogP contribution in [0.25, 0.3) is 0 Å². The van der Waals surface area contributed by atoms with Gasteiger partial charge in [-0.15, -0.1) is 0 Å². The van der Waals surface area contributed by atoms with Crippen LogP contribution in [0.15, 0.2) is 60.7 Å². The first-order valence-electron chi connectivity index (χ1n) is 11.2. The Morgan fingerprint density at radius 3 is 2.37 bits per heavy atom. The maximum atomic E-state index is 13.1. The molecule has 0 saturated carbocycles. The van der Waals surface area contributed by atoms with Crippen molar-refractivity contribution in [2.45, 2.75) is 26.1 Å². The zero-order chi connectivity index (χ0) is 24.9. The molecule has 4 rings (SSSR count). The minimum atomic E-state index is -0.653. The Labute approximate surface area is 204 Å². The van der Waals surface area contributed by atoms with Gasteiger partial charge in [0.15, 0.2) is 6.10 Å². The minimum absolute atomic E-state index is 0.136. The van der Waals surface area contributed by atoms with Crippen LogP contribution in [-0.2, 0) is 17.9 Å². The van der Waals surface area contributed by atoms with Crippen molar-refractivity contribution in [3.63, 3.8) is 0 Å². The number of carbonyl (C=O) groups excluding carboxylic acids is 2. The number of benzene rings is 3. The molecule has 0 aromatic heterocycles. The van der Waals surface area contributed by atoms with Gasteiger partial charge in [0.2, 0.25) is 0 Å². The Bertz CT molecular complexity index is 1220. The molecule has 0 saturated heterocycles. The summed E-state index contributed by atoms with van der Waals surface area (Å²) in [5.41, 5.74) is 2.76. The molecule has 182 valence electrons. The summed E-state index contributed by atoms with van der Waals surface area (Å²) in [7, 11) is 4.75. The fourth-order valence-electron chi connectivity index (χ4n) is 3.94. The summed E-state index contributed by atoms with van der Waals surface area (Å²) in [6.07, 6.45) is -0.653. The number of anilines is 1. The summed E-state index contributed by atoms with van der Waals surface area (Å²) in [4.78, 5) is 27.5. The number of methoxy groups -OCH3 is 3. The number of hydrogen-bond acceptors (Lipinski definition) is 6. The highest BCUT2D eigenvalue weighted by atomic mass is 16.5. The van der Waals surface area contributed by atoms with Crippen LogP contribution < -0.4 is 24.3 Å². The lowest BCUT2D eigenvalue weighted by atomic mass is 10.1. The number of carbonyl (C=O) groups is 2. The van der Waals surface area contributed by atoms with Gasteiger partial charge in [-0.05, 0) is 61.5 Å². The Balaban J connectivity index is 1.56. The van der Waals surface area contributed by atoms with Gasteiger partial charge >= 0.3 is 0 Å². The van der Waals surface area contributed by atoms with Crippen LogP contribution in [0.5, 0.6) is 23.0 Å². The Hall–Kier alpha value is -4.20. The second-order valence-corrected chi connectivity index (χ2v) is 8.14. The van der Waals surface area contributed by atoms with Gasteiger partial charge < -0.3 is 29.2 Å². The van der Waals surface area contributed by atoms with E-state index in [0.29, 0.717) is 47.3 Å². The van der Waals surface area contributed by atoms with Gasteiger partial charge in [0.1, 0.15) is 23.0 Å². The molecule has 3 aromatic carbocycles. The van der Waals surface area contributed by atoms with E-state index in [1.54, 1.807) is 75.6 Å². The minimum Gasteiger partial charge on any atom is -0.497 e. The average molecular weight is 477 g/mol. The molecule has 0 bridgehead atoms. The standard InChI is InChI=1S/C27H28N2O6/c1-17-27(31)29(15-19-7-11-23(33-3)14-25(19)34-4)16-20-13-21(8-12-24(20)35-17)28-26(30)18-5-9-22(32-2)10-6-18/h5-14,17H,15-16H2,1-4H3,(H,28,30)/t17-/m0/s1. The first-order valence-corrected chi connectivity index (χ1v) is 11.2. The third-order valence-electron chi connectivity index (χ3n) is 5.85. The third kappa shape index (κ3) is 5.32. The molecule has 1 atom stereocenters. The van der Waals surface area contributed by atoms with Crippen LogP contribution in [0.2, 0.25) is 0 Å². The van der Waals surface area contributed by atoms with Crippen LogP contribution in [0, 0.1) is 0 Å². The van der Waals surface area contributed by atoms with Crippen molar-refractivity contribution in [1.29, 1.82) is 0 Å². The van der Waals surface area contributed by atoms with Gasteiger partial charge in [-0.1, -0.05) is 0 Å². The number of ether oxygens (including phenoxy) is 4. The predicted octanol–water partition coefficient (Wildman–Crippen LogP) is 4.27. The molecule has 0 fully saturated rings. The second-order valence-electron chi connectivity index (χ2n) is 8.14. The summed E-state index contributed by atoms with van der Waals surface area (Å²) >= 11 is 0. The van der Waals surface area contributed by atoms with E-state index >= 15 is 0 Å². The predicted molar refractivity (Wildman–Crippen MR) is 131 cm³/mol. The largest absolute Gasteiger partial charge is 0.497 e. The first kappa shape index (κ1) is 23.9. The molecule has 3 aromatic rings. The number of amides is 2. The van der Waals surface area contributed by atoms with Crippen LogP contribution in [0.4, 0.5) is 5.69 Å². The number of fused-ring (bicyclic) bond motifs is 1. The molecular weight excluding hydrogens is 448 g/mol. The summed E-state index contributed by atoms with van der Waals surface area (Å²) < 4.78 is 21.9. The molecule has 1 aliphatic heterocycles. The molecule has 8 heteroatoms. The van der Waals surface area contributed by atoms with E-state index in [1.165, 1.54) is 0 Å². The van der Waals surface area contributed by atoms with Crippen LogP contribution >= 0.6 is 0 Å². The van der Waals surface area contributed by atoms with Crippen molar-refractivity contribution in [2.24, 2.45) is 0 Å². The molecule has 1 aliphatic rings. The maximum absolute atomic E-state index is 13.1. The Kier molecular flexibility index (Phi) is 7.10. The molecule has 2 amide bonds. The molecule has 0 radical (unpaired) electrons. The quantitative estimate of drug-likeness (QED) is 0.548. The highest BCUT2D eigenvalue weighted by Crippen LogP contribution is 2.32. The van der Waals surface area contributed by atoms with Crippen LogP contribution in [-0.4, -0.2) is 44.1 Å². The zero-order valence-electron chi connectivity index (χ0n) is 20.2. The van der Waals surface area contributed by atoms with E-state index < -0.39 is 6.10 Å². The first-order chi connectivity index (χ1) is 16.9. The lowest BCUT2D eigenvalue weighted by Gasteiger charge is -2.23. The summed E-state index contributed by atoms with van der Waals surface area (Å²) in [5.74, 6) is 2.21. The van der Waals surface area contributed by atoms with Gasteiger partial charge in [0, 0.05) is 41.5 Å². The van der Waals surface area contributed by atoms with Crippen molar-refractivity contribution in [1.82, 2.24) is 4.90 Å². The molecule has 0 spiro atoms. The third-order valence-corrected chi connectivity index (χ3v) is 5.85. The topological polar surface area (TPSA) is 86.3 Å². The smallest absolute Gasteiger partial charge is 0.263 e. The lowest BCUT2D eigenvalue weighted by molar-refractivity contribution is -0.138. The Morgan fingerprint density at radius 1 is 0.971 bits per heavy atom. The second kappa shape index (κ2) is 10.4. The van der Waals surface area contributed by atoms with Gasteiger partial charge in [-0.3, -0.25) is 9.59 Å². The lowest BCUT2D eigenvalue weighted by Crippen LogP contribution is -2.37. The molecule has 35 heavy (non-hydrogen) atoms. The maximum Gasteiger partial charge on any atom is 0.263 e. The summed E-state index contributed by atoms with van der Waals surface area (Å²) in [5, 5.41) is 2.91. The summed E-state index contributed by atoms with van der Waals surface area (Å²) in [6, 6.07) is 17.7. The molecule has 1 heterocycles. The number of hydrogen-bond donors (Lipinski definition) is 1. The Morgan fingerprint density at radius 2 is 1.69 bits per heavy atom.